The number of amides is 1. The molecule has 3 heterocycles. The molecule has 1 aromatic carbocycles. The number of nitrogens with zero attached hydrogens (tertiary/aromatic N) is 4. The van der Waals surface area contributed by atoms with Crippen molar-refractivity contribution >= 4 is 25.8 Å². The molecule has 2 aliphatic heterocycles. The lowest BCUT2D eigenvalue weighted by Gasteiger charge is -2.34. The molecule has 0 saturated carbocycles. The Hall–Kier alpha value is -2.44. The number of benzene rings is 1. The highest BCUT2D eigenvalue weighted by atomic mass is 32.2. The predicted molar refractivity (Wildman–Crippen MR) is 118 cm³/mol. The number of aryl methyl sites for hydroxylation is 1. The van der Waals surface area contributed by atoms with Gasteiger partial charge in [0.25, 0.3) is 5.91 Å². The van der Waals surface area contributed by atoms with Crippen LogP contribution in [0, 0.1) is 6.92 Å². The fourth-order valence-corrected chi connectivity index (χ4v) is 8.58. The molecule has 1 amide bonds. The zero-order chi connectivity index (χ0) is 23.1. The molecule has 1 atom stereocenters. The van der Waals surface area contributed by atoms with Gasteiger partial charge in [0.1, 0.15) is 11.4 Å². The molecule has 0 aliphatic carbocycles. The smallest absolute Gasteiger partial charge is 0.274 e. The zero-order valence-electron chi connectivity index (χ0n) is 18.0. The third-order valence-electron chi connectivity index (χ3n) is 5.89. The van der Waals surface area contributed by atoms with Gasteiger partial charge in [0, 0.05) is 32.4 Å². The van der Waals surface area contributed by atoms with Gasteiger partial charge in [0.2, 0.25) is 10.0 Å². The molecule has 0 N–H and O–H groups in total. The average Bonchev–Trinajstić information content (AvgIpc) is 3.40. The van der Waals surface area contributed by atoms with Crippen molar-refractivity contribution in [2.45, 2.75) is 18.6 Å². The summed E-state index contributed by atoms with van der Waals surface area (Å²) in [7, 11) is -5.44. The van der Waals surface area contributed by atoms with Crippen LogP contribution in [0.25, 0.3) is 5.69 Å². The summed E-state index contributed by atoms with van der Waals surface area (Å²) in [5, 5.41) is 3.51. The fraction of sp³-hybridized carbons (Fsp3) is 0.500. The Labute approximate surface area is 187 Å². The second-order valence-corrected chi connectivity index (χ2v) is 12.5. The SMILES string of the molecule is COc1ccc(C)cc1-n1ccc(C(=O)N2CCN(S(=O)(=O)C3CCS(=O)(=O)C3)CC2)n1. The van der Waals surface area contributed by atoms with Crippen molar-refractivity contribution in [3.63, 3.8) is 0 Å². The Kier molecular flexibility index (Phi) is 6.03. The summed E-state index contributed by atoms with van der Waals surface area (Å²) < 4.78 is 57.2. The Morgan fingerprint density at radius 3 is 2.50 bits per heavy atom. The molecular weight excluding hydrogens is 456 g/mol. The van der Waals surface area contributed by atoms with E-state index in [0.717, 1.165) is 5.56 Å². The lowest BCUT2D eigenvalue weighted by atomic mass is 10.2. The van der Waals surface area contributed by atoms with Crippen LogP contribution in [0.2, 0.25) is 0 Å². The van der Waals surface area contributed by atoms with Gasteiger partial charge in [-0.15, -0.1) is 0 Å². The summed E-state index contributed by atoms with van der Waals surface area (Å²) in [6, 6.07) is 7.29. The van der Waals surface area contributed by atoms with E-state index in [1.807, 2.05) is 25.1 Å². The first-order valence-corrected chi connectivity index (χ1v) is 13.6. The van der Waals surface area contributed by atoms with Gasteiger partial charge in [0.05, 0.1) is 23.9 Å². The first-order valence-electron chi connectivity index (χ1n) is 10.3. The van der Waals surface area contributed by atoms with E-state index >= 15 is 0 Å². The van der Waals surface area contributed by atoms with E-state index in [1.165, 1.54) is 4.31 Å². The number of hydrogen-bond donors (Lipinski definition) is 0. The summed E-state index contributed by atoms with van der Waals surface area (Å²) in [4.78, 5) is 14.5. The van der Waals surface area contributed by atoms with Crippen LogP contribution in [0.5, 0.6) is 5.75 Å². The van der Waals surface area contributed by atoms with Gasteiger partial charge in [-0.05, 0) is 37.1 Å². The summed E-state index contributed by atoms with van der Waals surface area (Å²) in [6.07, 6.45) is 1.81. The molecular formula is C20H26N4O6S2. The number of hydrogen-bond acceptors (Lipinski definition) is 7. The Morgan fingerprint density at radius 2 is 1.88 bits per heavy atom. The van der Waals surface area contributed by atoms with Crippen LogP contribution in [0.15, 0.2) is 30.5 Å². The molecule has 174 valence electrons. The summed E-state index contributed by atoms with van der Waals surface area (Å²) >= 11 is 0. The molecule has 2 aromatic rings. The van der Waals surface area contributed by atoms with Crippen LogP contribution in [-0.2, 0) is 19.9 Å². The number of carbonyl (C=O) groups excluding carboxylic acids is 1. The maximum absolute atomic E-state index is 12.9. The number of carbonyl (C=O) groups is 1. The first kappa shape index (κ1) is 22.7. The molecule has 2 fully saturated rings. The zero-order valence-corrected chi connectivity index (χ0v) is 19.6. The average molecular weight is 483 g/mol. The largest absolute Gasteiger partial charge is 0.494 e. The molecule has 10 nitrogen and oxygen atoms in total. The molecule has 0 radical (unpaired) electrons. The van der Waals surface area contributed by atoms with Gasteiger partial charge >= 0.3 is 0 Å². The molecule has 0 bridgehead atoms. The summed E-state index contributed by atoms with van der Waals surface area (Å²) in [6.45, 7) is 2.66. The Bertz CT molecular complexity index is 1230. The van der Waals surface area contributed by atoms with Crippen molar-refractivity contribution in [2.75, 3.05) is 44.8 Å². The minimum Gasteiger partial charge on any atom is -0.494 e. The highest BCUT2D eigenvalue weighted by molar-refractivity contribution is 7.95. The fourth-order valence-electron chi connectivity index (χ4n) is 4.07. The molecule has 0 spiro atoms. The third kappa shape index (κ3) is 4.39. The van der Waals surface area contributed by atoms with E-state index < -0.39 is 25.1 Å². The number of piperazine rings is 1. The molecule has 2 saturated heterocycles. The summed E-state index contributed by atoms with van der Waals surface area (Å²) in [5.41, 5.74) is 2.00. The van der Waals surface area contributed by atoms with Crippen molar-refractivity contribution < 1.29 is 26.4 Å². The van der Waals surface area contributed by atoms with Gasteiger partial charge in [-0.3, -0.25) is 4.79 Å². The van der Waals surface area contributed by atoms with Gasteiger partial charge in [-0.25, -0.2) is 21.5 Å². The lowest BCUT2D eigenvalue weighted by Crippen LogP contribution is -2.52. The van der Waals surface area contributed by atoms with E-state index in [1.54, 1.807) is 29.0 Å². The van der Waals surface area contributed by atoms with E-state index in [4.69, 9.17) is 4.74 Å². The van der Waals surface area contributed by atoms with E-state index in [2.05, 4.69) is 5.10 Å². The number of sulfonamides is 1. The second-order valence-electron chi connectivity index (χ2n) is 8.08. The minimum absolute atomic E-state index is 0.0935. The maximum Gasteiger partial charge on any atom is 0.274 e. The van der Waals surface area contributed by atoms with E-state index in [9.17, 15) is 21.6 Å². The molecule has 1 unspecified atom stereocenters. The van der Waals surface area contributed by atoms with Crippen molar-refractivity contribution in [3.8, 4) is 11.4 Å². The Morgan fingerprint density at radius 1 is 1.16 bits per heavy atom. The van der Waals surface area contributed by atoms with Crippen LogP contribution < -0.4 is 4.74 Å². The monoisotopic (exact) mass is 482 g/mol. The predicted octanol–water partition coefficient (Wildman–Crippen LogP) is 0.464. The number of sulfone groups is 1. The molecule has 1 aromatic heterocycles. The van der Waals surface area contributed by atoms with E-state index in [0.29, 0.717) is 11.4 Å². The lowest BCUT2D eigenvalue weighted by molar-refractivity contribution is 0.0691. The number of methoxy groups -OCH3 is 1. The van der Waals surface area contributed by atoms with E-state index in [-0.39, 0.29) is 55.7 Å². The van der Waals surface area contributed by atoms with Gasteiger partial charge in [-0.2, -0.15) is 9.40 Å². The minimum atomic E-state index is -3.71. The van der Waals surface area contributed by atoms with Crippen molar-refractivity contribution in [3.05, 3.63) is 41.7 Å². The standard InChI is InChI=1S/C20H26N4O6S2/c1-15-3-4-19(30-2)18(13-15)24-7-5-17(21-24)20(25)22-8-10-23(11-9-22)32(28,29)16-6-12-31(26,27)14-16/h3-5,7,13,16H,6,8-12,14H2,1-2H3. The molecule has 32 heavy (non-hydrogen) atoms. The van der Waals surface area contributed by atoms with Gasteiger partial charge in [0.15, 0.2) is 15.5 Å². The maximum atomic E-state index is 12.9. The molecule has 12 heteroatoms. The van der Waals surface area contributed by atoms with Crippen molar-refractivity contribution in [2.24, 2.45) is 0 Å². The number of ether oxygens (including phenoxy) is 1. The molecule has 4 rings (SSSR count). The molecule has 2 aliphatic rings. The number of aromatic nitrogens is 2. The highest BCUT2D eigenvalue weighted by Gasteiger charge is 2.41. The van der Waals surface area contributed by atoms with Crippen molar-refractivity contribution in [1.82, 2.24) is 19.0 Å². The van der Waals surface area contributed by atoms with Gasteiger partial charge < -0.3 is 9.64 Å². The second kappa shape index (κ2) is 8.49. The van der Waals surface area contributed by atoms with Crippen LogP contribution in [0.4, 0.5) is 0 Å². The first-order chi connectivity index (χ1) is 15.1. The topological polar surface area (TPSA) is 119 Å². The summed E-state index contributed by atoms with van der Waals surface area (Å²) in [5.74, 6) is -0.0702. The van der Waals surface area contributed by atoms with Crippen LogP contribution in [0.3, 0.4) is 0 Å². The van der Waals surface area contributed by atoms with Crippen LogP contribution in [0.1, 0.15) is 22.5 Å². The van der Waals surface area contributed by atoms with Crippen LogP contribution in [-0.4, -0.2) is 91.8 Å². The highest BCUT2D eigenvalue weighted by Crippen LogP contribution is 2.25. The normalized spacial score (nSPS) is 21.6. The van der Waals surface area contributed by atoms with Crippen LogP contribution >= 0.6 is 0 Å². The number of rotatable bonds is 5. The third-order valence-corrected chi connectivity index (χ3v) is 10.2. The van der Waals surface area contributed by atoms with Crippen molar-refractivity contribution in [1.29, 1.82) is 0 Å². The quantitative estimate of drug-likeness (QED) is 0.607. The Balaban J connectivity index is 1.43. The van der Waals surface area contributed by atoms with Gasteiger partial charge in [-0.1, -0.05) is 6.07 Å².